The molecule has 0 saturated carbocycles. The van der Waals surface area contributed by atoms with Gasteiger partial charge in [0.15, 0.2) is 0 Å². The highest BCUT2D eigenvalue weighted by molar-refractivity contribution is 7.80. The number of rotatable bonds is 0. The standard InChI is InChI=1S/C8H9NO2S.C2H6/c1-5-3-6(2)8-7(4-5)9-11-12(8)10;1-2/h3-4,9H,1-2H3;1-2H3. The minimum atomic E-state index is -1.33. The number of hydrogen-bond acceptors (Lipinski definition) is 3. The molecule has 4 heteroatoms. The lowest BCUT2D eigenvalue weighted by molar-refractivity contribution is 0.452. The van der Waals surface area contributed by atoms with Gasteiger partial charge in [-0.05, 0) is 31.0 Å². The second-order valence-electron chi connectivity index (χ2n) is 2.88. The van der Waals surface area contributed by atoms with Gasteiger partial charge in [0, 0.05) is 0 Å². The van der Waals surface area contributed by atoms with Gasteiger partial charge in [0.1, 0.15) is 0 Å². The Bertz CT molecular complexity index is 363. The molecule has 1 aliphatic heterocycles. The molecule has 1 aliphatic rings. The number of hydrogen-bond donors (Lipinski definition) is 1. The second kappa shape index (κ2) is 4.57. The molecule has 0 bridgehead atoms. The highest BCUT2D eigenvalue weighted by atomic mass is 32.2. The van der Waals surface area contributed by atoms with Gasteiger partial charge in [-0.15, -0.1) is 0 Å². The summed E-state index contributed by atoms with van der Waals surface area (Å²) in [4.78, 5) is 0.764. The quantitative estimate of drug-likeness (QED) is 0.720. The van der Waals surface area contributed by atoms with E-state index in [-0.39, 0.29) is 0 Å². The summed E-state index contributed by atoms with van der Waals surface area (Å²) in [7, 11) is 0. The summed E-state index contributed by atoms with van der Waals surface area (Å²) in [6.45, 7) is 7.93. The summed E-state index contributed by atoms with van der Waals surface area (Å²) >= 11 is -1.33. The van der Waals surface area contributed by atoms with Crippen molar-refractivity contribution in [3.8, 4) is 0 Å². The molecule has 1 heterocycles. The van der Waals surface area contributed by atoms with E-state index in [4.69, 9.17) is 4.28 Å². The summed E-state index contributed by atoms with van der Waals surface area (Å²) in [6.07, 6.45) is 0. The fourth-order valence-corrected chi connectivity index (χ4v) is 2.23. The SMILES string of the molecule is CC.Cc1cc(C)c2c(c1)NOS2=O. The van der Waals surface area contributed by atoms with Gasteiger partial charge in [0.2, 0.25) is 11.1 Å². The normalized spacial score (nSPS) is 17.9. The first-order valence-corrected chi connectivity index (χ1v) is 5.72. The minimum absolute atomic E-state index is 0.764. The lowest BCUT2D eigenvalue weighted by Crippen LogP contribution is -1.90. The average molecular weight is 213 g/mol. The molecule has 2 rings (SSSR count). The molecule has 1 N–H and O–H groups in total. The smallest absolute Gasteiger partial charge is 0.214 e. The lowest BCUT2D eigenvalue weighted by atomic mass is 10.1. The molecule has 78 valence electrons. The number of benzene rings is 1. The fourth-order valence-electron chi connectivity index (χ4n) is 1.38. The maximum atomic E-state index is 11.2. The van der Waals surface area contributed by atoms with Crippen LogP contribution in [0.25, 0.3) is 0 Å². The van der Waals surface area contributed by atoms with Crippen LogP contribution in [0.2, 0.25) is 0 Å². The molecule has 3 nitrogen and oxygen atoms in total. The Morgan fingerprint density at radius 2 is 1.93 bits per heavy atom. The van der Waals surface area contributed by atoms with Gasteiger partial charge in [-0.3, -0.25) is 0 Å². The number of fused-ring (bicyclic) bond motifs is 1. The Hall–Kier alpha value is -0.870. The third-order valence-corrected chi connectivity index (χ3v) is 2.92. The second-order valence-corrected chi connectivity index (χ2v) is 3.92. The van der Waals surface area contributed by atoms with Gasteiger partial charge in [0.25, 0.3) is 0 Å². The first kappa shape index (κ1) is 11.2. The molecular weight excluding hydrogens is 198 g/mol. The van der Waals surface area contributed by atoms with Crippen molar-refractivity contribution in [3.63, 3.8) is 0 Å². The van der Waals surface area contributed by atoms with Gasteiger partial charge < -0.3 is 0 Å². The summed E-state index contributed by atoms with van der Waals surface area (Å²) in [5.41, 5.74) is 5.60. The van der Waals surface area contributed by atoms with Crippen molar-refractivity contribution in [2.24, 2.45) is 0 Å². The van der Waals surface area contributed by atoms with Crippen LogP contribution in [0.5, 0.6) is 0 Å². The van der Waals surface area contributed by atoms with E-state index in [0.29, 0.717) is 0 Å². The molecule has 1 atom stereocenters. The zero-order valence-corrected chi connectivity index (χ0v) is 9.70. The zero-order valence-electron chi connectivity index (χ0n) is 8.88. The van der Waals surface area contributed by atoms with Crippen molar-refractivity contribution in [3.05, 3.63) is 23.3 Å². The molecule has 0 fully saturated rings. The first-order valence-electron chi connectivity index (χ1n) is 4.65. The van der Waals surface area contributed by atoms with Crippen LogP contribution in [0.15, 0.2) is 17.0 Å². The van der Waals surface area contributed by atoms with Crippen molar-refractivity contribution < 1.29 is 8.49 Å². The van der Waals surface area contributed by atoms with E-state index in [1.807, 2.05) is 39.8 Å². The maximum absolute atomic E-state index is 11.2. The van der Waals surface area contributed by atoms with Crippen LogP contribution in [0.1, 0.15) is 25.0 Å². The van der Waals surface area contributed by atoms with E-state index in [1.54, 1.807) is 0 Å². The molecule has 1 unspecified atom stereocenters. The summed E-state index contributed by atoms with van der Waals surface area (Å²) in [5, 5.41) is 0. The summed E-state index contributed by atoms with van der Waals surface area (Å²) in [6, 6.07) is 3.92. The first-order chi connectivity index (χ1) is 6.68. The fraction of sp³-hybridized carbons (Fsp3) is 0.400. The van der Waals surface area contributed by atoms with Crippen molar-refractivity contribution in [2.45, 2.75) is 32.6 Å². The van der Waals surface area contributed by atoms with E-state index in [2.05, 4.69) is 5.48 Å². The van der Waals surface area contributed by atoms with Gasteiger partial charge in [-0.25, -0.2) is 9.69 Å². The molecule has 14 heavy (non-hydrogen) atoms. The monoisotopic (exact) mass is 213 g/mol. The van der Waals surface area contributed by atoms with E-state index >= 15 is 0 Å². The zero-order chi connectivity index (χ0) is 10.7. The van der Waals surface area contributed by atoms with E-state index < -0.39 is 11.1 Å². The Labute approximate surface area is 87.1 Å². The van der Waals surface area contributed by atoms with Crippen molar-refractivity contribution >= 4 is 16.8 Å². The van der Waals surface area contributed by atoms with Gasteiger partial charge in [-0.2, -0.15) is 4.28 Å². The van der Waals surface area contributed by atoms with Crippen LogP contribution in [0, 0.1) is 13.8 Å². The maximum Gasteiger partial charge on any atom is 0.214 e. The molecule has 0 amide bonds. The molecular formula is C10H15NO2S. The summed E-state index contributed by atoms with van der Waals surface area (Å²) in [5.74, 6) is 0. The van der Waals surface area contributed by atoms with Gasteiger partial charge in [0.05, 0.1) is 10.6 Å². The molecule has 0 aromatic heterocycles. The highest BCUT2D eigenvalue weighted by Gasteiger charge is 2.21. The van der Waals surface area contributed by atoms with Crippen LogP contribution in [0.3, 0.4) is 0 Å². The molecule has 0 saturated heterocycles. The largest absolute Gasteiger partial charge is 0.250 e. The van der Waals surface area contributed by atoms with Crippen LogP contribution in [0.4, 0.5) is 5.69 Å². The molecule has 0 radical (unpaired) electrons. The Kier molecular flexibility index (Phi) is 3.66. The third-order valence-electron chi connectivity index (χ3n) is 1.81. The minimum Gasteiger partial charge on any atom is -0.250 e. The highest BCUT2D eigenvalue weighted by Crippen LogP contribution is 2.30. The number of aryl methyl sites for hydroxylation is 2. The number of nitrogens with one attached hydrogen (secondary N) is 1. The number of anilines is 1. The van der Waals surface area contributed by atoms with Crippen molar-refractivity contribution in [1.82, 2.24) is 0 Å². The summed E-state index contributed by atoms with van der Waals surface area (Å²) < 4.78 is 16.0. The molecule has 1 aromatic rings. The topological polar surface area (TPSA) is 38.3 Å². The predicted molar refractivity (Wildman–Crippen MR) is 58.4 cm³/mol. The van der Waals surface area contributed by atoms with Crippen LogP contribution < -0.4 is 5.48 Å². The van der Waals surface area contributed by atoms with Crippen molar-refractivity contribution in [2.75, 3.05) is 5.48 Å². The van der Waals surface area contributed by atoms with Crippen molar-refractivity contribution in [1.29, 1.82) is 0 Å². The third kappa shape index (κ3) is 1.96. The molecule has 0 spiro atoms. The van der Waals surface area contributed by atoms with E-state index in [0.717, 1.165) is 21.7 Å². The van der Waals surface area contributed by atoms with E-state index in [1.165, 1.54) is 0 Å². The average Bonchev–Trinajstić information content (AvgIpc) is 2.51. The van der Waals surface area contributed by atoms with E-state index in [9.17, 15) is 4.21 Å². The molecule has 1 aromatic carbocycles. The Morgan fingerprint density at radius 1 is 1.29 bits per heavy atom. The van der Waals surface area contributed by atoms with Crippen LogP contribution in [-0.4, -0.2) is 4.21 Å². The lowest BCUT2D eigenvalue weighted by Gasteiger charge is -2.00. The van der Waals surface area contributed by atoms with Gasteiger partial charge in [-0.1, -0.05) is 19.9 Å². The molecule has 0 aliphatic carbocycles. The Balaban J connectivity index is 0.000000461. The van der Waals surface area contributed by atoms with Crippen LogP contribution >= 0.6 is 0 Å². The van der Waals surface area contributed by atoms with Gasteiger partial charge >= 0.3 is 0 Å². The van der Waals surface area contributed by atoms with Crippen LogP contribution in [-0.2, 0) is 15.4 Å². The predicted octanol–water partition coefficient (Wildman–Crippen LogP) is 2.71. The Morgan fingerprint density at radius 3 is 2.57 bits per heavy atom.